The number of amides is 4. The van der Waals surface area contributed by atoms with E-state index in [2.05, 4.69) is 64.2 Å². The highest BCUT2D eigenvalue weighted by molar-refractivity contribution is 7.13. The van der Waals surface area contributed by atoms with Crippen molar-refractivity contribution < 1.29 is 38.2 Å². The monoisotopic (exact) mass is 1100 g/mol. The molecule has 410 valence electrons. The number of thiazole rings is 1. The van der Waals surface area contributed by atoms with Crippen LogP contribution < -0.4 is 25.0 Å². The third-order valence-corrected chi connectivity index (χ3v) is 17.2. The van der Waals surface area contributed by atoms with Gasteiger partial charge in [-0.1, -0.05) is 83.5 Å². The maximum atomic E-state index is 14.7. The number of pyridine rings is 1. The molecule has 3 unspecified atom stereocenters. The highest BCUT2D eigenvalue weighted by atomic mass is 35.5. The number of benzene rings is 3. The van der Waals surface area contributed by atoms with Gasteiger partial charge in [0.25, 0.3) is 11.8 Å². The number of halogens is 1. The minimum atomic E-state index is -0.920. The van der Waals surface area contributed by atoms with Crippen LogP contribution in [0.3, 0.4) is 0 Å². The first kappa shape index (κ1) is 55.7. The molecule has 1 saturated carbocycles. The molecule has 17 nitrogen and oxygen atoms in total. The van der Waals surface area contributed by atoms with Gasteiger partial charge in [-0.05, 0) is 72.9 Å². The Hall–Kier alpha value is -7.07. The van der Waals surface area contributed by atoms with Crippen molar-refractivity contribution in [2.75, 3.05) is 50.8 Å². The van der Waals surface area contributed by atoms with E-state index in [4.69, 9.17) is 25.8 Å². The highest BCUT2D eigenvalue weighted by Crippen LogP contribution is 2.55. The molecule has 0 bridgehead atoms. The lowest BCUT2D eigenvalue weighted by Crippen LogP contribution is -2.74. The first-order valence-electron chi connectivity index (χ1n) is 26.6. The number of likely N-dealkylation sites (tertiary alicyclic amines) is 1. The number of nitrogens with zero attached hydrogens (tertiary/aromatic N) is 7. The summed E-state index contributed by atoms with van der Waals surface area (Å²) in [5, 5.41) is 15.9. The van der Waals surface area contributed by atoms with E-state index in [0.717, 1.165) is 59.3 Å². The van der Waals surface area contributed by atoms with Crippen molar-refractivity contribution in [3.8, 4) is 28.0 Å². The van der Waals surface area contributed by atoms with Crippen molar-refractivity contribution in [1.82, 2.24) is 35.3 Å². The van der Waals surface area contributed by atoms with Gasteiger partial charge in [0.1, 0.15) is 54.3 Å². The summed E-state index contributed by atoms with van der Waals surface area (Å²) >= 11 is 7.84. The van der Waals surface area contributed by atoms with Crippen LogP contribution in [0.4, 0.5) is 5.82 Å². The smallest absolute Gasteiger partial charge is 0.302 e. The van der Waals surface area contributed by atoms with Crippen LogP contribution in [0.2, 0.25) is 5.02 Å². The second kappa shape index (κ2) is 22.7. The molecule has 19 heteroatoms. The average molecular weight is 1100 g/mol. The molecule has 3 aliphatic heterocycles. The van der Waals surface area contributed by atoms with E-state index in [9.17, 15) is 29.2 Å². The zero-order valence-electron chi connectivity index (χ0n) is 45.7. The van der Waals surface area contributed by atoms with Gasteiger partial charge in [-0.2, -0.15) is 5.26 Å². The number of fused-ring (bicyclic) bond motifs is 1. The highest BCUT2D eigenvalue weighted by Gasteiger charge is 2.64. The van der Waals surface area contributed by atoms with E-state index in [1.54, 1.807) is 46.7 Å². The molecule has 4 atom stereocenters. The van der Waals surface area contributed by atoms with Gasteiger partial charge in [0.15, 0.2) is 0 Å². The van der Waals surface area contributed by atoms with Gasteiger partial charge >= 0.3 is 5.97 Å². The van der Waals surface area contributed by atoms with Crippen molar-refractivity contribution in [1.29, 1.82) is 5.26 Å². The summed E-state index contributed by atoms with van der Waals surface area (Å²) in [5.41, 5.74) is 6.00. The minimum absolute atomic E-state index is 0.0292. The SMILES string of the molecule is CC(=O)OC1CC(C(=O)N[C@@H](C)c2ccc(-c3scnc3C)cc2)N(C(=O)C(C(C)C)N2Cc3ccc(OCCN4CCN(c5ccc(C(=O)NC6C(C)(C)C(Oc7ccc(C#N)c(Cl)c7)C6(C)C)cn5)CC4)cc3C2=O)C1. The number of nitriles is 1. The Labute approximate surface area is 465 Å². The summed E-state index contributed by atoms with van der Waals surface area (Å²) < 4.78 is 18.2. The molecule has 5 heterocycles. The van der Waals surface area contributed by atoms with E-state index in [1.807, 2.05) is 81.7 Å². The van der Waals surface area contributed by atoms with Crippen LogP contribution in [0.1, 0.15) is 111 Å². The number of hydrogen-bond donors (Lipinski definition) is 2. The van der Waals surface area contributed by atoms with E-state index >= 15 is 0 Å². The number of aromatic nitrogens is 2. The van der Waals surface area contributed by atoms with Crippen LogP contribution in [0.25, 0.3) is 10.4 Å². The van der Waals surface area contributed by atoms with Gasteiger partial charge < -0.3 is 39.5 Å². The Kier molecular flexibility index (Phi) is 16.2. The van der Waals surface area contributed by atoms with Crippen LogP contribution >= 0.6 is 22.9 Å². The molecule has 9 rings (SSSR count). The molecule has 2 aromatic heterocycles. The van der Waals surface area contributed by atoms with Gasteiger partial charge in [0.2, 0.25) is 11.8 Å². The van der Waals surface area contributed by atoms with Crippen LogP contribution in [0, 0.1) is 35.0 Å². The fraction of sp³-hybridized carbons (Fsp3) is 0.458. The number of esters is 1. The number of ether oxygens (including phenoxy) is 3. The minimum Gasteiger partial charge on any atom is -0.492 e. The number of hydrogen-bond acceptors (Lipinski definition) is 14. The van der Waals surface area contributed by atoms with E-state index in [1.165, 1.54) is 11.8 Å². The van der Waals surface area contributed by atoms with Crippen molar-refractivity contribution in [3.63, 3.8) is 0 Å². The number of piperazine rings is 1. The second-order valence-electron chi connectivity index (χ2n) is 22.4. The summed E-state index contributed by atoms with van der Waals surface area (Å²) in [6.07, 6.45) is 0.855. The molecule has 78 heavy (non-hydrogen) atoms. The Morgan fingerprint density at radius 2 is 1.64 bits per heavy atom. The number of anilines is 1. The van der Waals surface area contributed by atoms with E-state index in [0.29, 0.717) is 46.4 Å². The van der Waals surface area contributed by atoms with Crippen LogP contribution in [0.5, 0.6) is 11.5 Å². The normalized spacial score (nSPS) is 21.3. The zero-order valence-corrected chi connectivity index (χ0v) is 47.2. The van der Waals surface area contributed by atoms with Crippen LogP contribution in [0.15, 0.2) is 84.5 Å². The van der Waals surface area contributed by atoms with Crippen LogP contribution in [-0.2, 0) is 25.7 Å². The Balaban J connectivity index is 0.751. The fourth-order valence-corrected chi connectivity index (χ4v) is 13.1. The summed E-state index contributed by atoms with van der Waals surface area (Å²) in [5.74, 6) is -0.122. The lowest BCUT2D eigenvalue weighted by atomic mass is 9.49. The van der Waals surface area contributed by atoms with Gasteiger partial charge in [0, 0.05) is 87.3 Å². The van der Waals surface area contributed by atoms with E-state index < -0.39 is 35.0 Å². The average Bonchev–Trinajstić information content (AvgIpc) is 4.24. The quantitative estimate of drug-likeness (QED) is 0.0845. The Morgan fingerprint density at radius 3 is 2.27 bits per heavy atom. The van der Waals surface area contributed by atoms with Gasteiger partial charge in [-0.25, -0.2) is 9.97 Å². The molecule has 0 spiro atoms. The third kappa shape index (κ3) is 11.4. The van der Waals surface area contributed by atoms with Gasteiger partial charge in [-0.15, -0.1) is 11.3 Å². The molecule has 3 aromatic carbocycles. The van der Waals surface area contributed by atoms with Crippen molar-refractivity contribution in [3.05, 3.63) is 123 Å². The number of carbonyl (C=O) groups is 5. The molecule has 3 fully saturated rings. The van der Waals surface area contributed by atoms with E-state index in [-0.39, 0.29) is 67.2 Å². The molecule has 1 aliphatic carbocycles. The predicted molar refractivity (Wildman–Crippen MR) is 297 cm³/mol. The molecule has 5 aromatic rings. The van der Waals surface area contributed by atoms with Crippen molar-refractivity contribution >= 4 is 58.4 Å². The largest absolute Gasteiger partial charge is 0.492 e. The predicted octanol–water partition coefficient (Wildman–Crippen LogP) is 8.24. The Bertz CT molecular complexity index is 3100. The molecule has 4 aliphatic rings. The molecule has 0 radical (unpaired) electrons. The lowest BCUT2D eigenvalue weighted by molar-refractivity contribution is -0.164. The van der Waals surface area contributed by atoms with Crippen LogP contribution in [-0.4, -0.2) is 130 Å². The number of nitrogens with one attached hydrogen (secondary N) is 2. The fourth-order valence-electron chi connectivity index (χ4n) is 12.1. The standard InChI is InChI=1S/C59H68ClN9O8S/c1-34(2)50(55(74)68-32-45(76-37(5)70)28-48(68)53(72)64-35(3)38-10-12-39(13-11-38)51-36(4)63-33-78-51)69-31-42-15-17-43(26-46(42)54(69)73)75-25-24-66-20-22-67(23-21-66)49-19-16-41(30-62-49)52(71)65-56-58(6,7)57(59(56,8)9)77-44-18-14-40(29-61)47(60)27-44/h10-19,26-27,30,33-35,45,48,50,56-57H,20-25,28,31-32H2,1-9H3,(H,64,72)(H,65,71)/t35-,45?,48?,50?,56?,57?/m0/s1. The molecular formula is C59H68ClN9O8S. The summed E-state index contributed by atoms with van der Waals surface area (Å²) in [7, 11) is 0. The second-order valence-corrected chi connectivity index (χ2v) is 23.7. The topological polar surface area (TPSA) is 200 Å². The number of rotatable bonds is 17. The Morgan fingerprint density at radius 1 is 0.923 bits per heavy atom. The zero-order chi connectivity index (χ0) is 55.8. The molecule has 2 saturated heterocycles. The summed E-state index contributed by atoms with van der Waals surface area (Å²) in [6.45, 7) is 21.6. The number of carbonyl (C=O) groups excluding carboxylic acids is 5. The first-order chi connectivity index (χ1) is 37.1. The van der Waals surface area contributed by atoms with Crippen molar-refractivity contribution in [2.24, 2.45) is 16.7 Å². The summed E-state index contributed by atoms with van der Waals surface area (Å²) in [6, 6.07) is 21.9. The van der Waals surface area contributed by atoms with Gasteiger partial charge in [0.05, 0.1) is 44.8 Å². The molecule has 2 N–H and O–H groups in total. The third-order valence-electron chi connectivity index (χ3n) is 15.9. The molecule has 4 amide bonds. The maximum absolute atomic E-state index is 14.7. The molecular weight excluding hydrogens is 1030 g/mol. The number of aryl methyl sites for hydroxylation is 1. The lowest BCUT2D eigenvalue weighted by Gasteiger charge is -2.63. The van der Waals surface area contributed by atoms with Gasteiger partial charge in [-0.3, -0.25) is 28.9 Å². The maximum Gasteiger partial charge on any atom is 0.302 e. The van der Waals surface area contributed by atoms with Crippen molar-refractivity contribution in [2.45, 2.75) is 112 Å². The summed E-state index contributed by atoms with van der Waals surface area (Å²) in [4.78, 5) is 86.5. The first-order valence-corrected chi connectivity index (χ1v) is 27.9.